The molecule has 2 unspecified atom stereocenters. The van der Waals surface area contributed by atoms with Crippen molar-refractivity contribution < 1.29 is 23.9 Å². The Hall–Kier alpha value is -3.65. The largest absolute Gasteiger partial charge is 0.493 e. The van der Waals surface area contributed by atoms with E-state index >= 15 is 0 Å². The summed E-state index contributed by atoms with van der Waals surface area (Å²) in [5.74, 6) is -0.452. The highest BCUT2D eigenvalue weighted by Crippen LogP contribution is 2.31. The van der Waals surface area contributed by atoms with E-state index in [9.17, 15) is 14.4 Å². The van der Waals surface area contributed by atoms with Crippen molar-refractivity contribution in [3.8, 4) is 5.75 Å². The number of para-hydroxylation sites is 1. The molecule has 1 aliphatic rings. The minimum Gasteiger partial charge on any atom is -0.493 e. The maximum Gasteiger partial charge on any atom is 0.338 e. The SMILES string of the molecule is CC(OC(=O)c1ccc(NC(=O)c2cccs2)cc1)C(=O)NC1CCOc2ccccc21. The average molecular weight is 451 g/mol. The Kier molecular flexibility index (Phi) is 6.51. The zero-order valence-electron chi connectivity index (χ0n) is 17.4. The topological polar surface area (TPSA) is 93.7 Å². The fourth-order valence-electron chi connectivity index (χ4n) is 3.35. The number of hydrogen-bond acceptors (Lipinski definition) is 6. The van der Waals surface area contributed by atoms with Gasteiger partial charge in [0.25, 0.3) is 11.8 Å². The van der Waals surface area contributed by atoms with E-state index in [1.165, 1.54) is 18.3 Å². The Labute approximate surface area is 189 Å². The highest BCUT2D eigenvalue weighted by molar-refractivity contribution is 7.12. The molecule has 2 atom stereocenters. The van der Waals surface area contributed by atoms with Crippen molar-refractivity contribution >= 4 is 34.8 Å². The van der Waals surface area contributed by atoms with E-state index in [1.807, 2.05) is 29.6 Å². The van der Waals surface area contributed by atoms with Crippen LogP contribution in [0.3, 0.4) is 0 Å². The number of thiophene rings is 1. The molecule has 0 spiro atoms. The summed E-state index contributed by atoms with van der Waals surface area (Å²) in [6, 6.07) is 17.2. The van der Waals surface area contributed by atoms with Crippen molar-refractivity contribution in [2.75, 3.05) is 11.9 Å². The molecule has 8 heteroatoms. The zero-order valence-corrected chi connectivity index (χ0v) is 18.2. The van der Waals surface area contributed by atoms with Crippen LogP contribution in [0.5, 0.6) is 5.75 Å². The van der Waals surface area contributed by atoms with Crippen molar-refractivity contribution in [3.05, 3.63) is 82.0 Å². The van der Waals surface area contributed by atoms with Crippen LogP contribution in [-0.2, 0) is 9.53 Å². The van der Waals surface area contributed by atoms with Crippen LogP contribution in [0.2, 0.25) is 0 Å². The molecule has 3 aromatic rings. The van der Waals surface area contributed by atoms with Gasteiger partial charge in [0.15, 0.2) is 6.10 Å². The number of benzene rings is 2. The van der Waals surface area contributed by atoms with Crippen molar-refractivity contribution in [3.63, 3.8) is 0 Å². The number of amides is 2. The molecule has 164 valence electrons. The summed E-state index contributed by atoms with van der Waals surface area (Å²) in [6.45, 7) is 2.04. The third kappa shape index (κ3) is 4.97. The van der Waals surface area contributed by atoms with E-state index in [2.05, 4.69) is 10.6 Å². The molecule has 0 radical (unpaired) electrons. The maximum atomic E-state index is 12.6. The molecule has 0 saturated heterocycles. The van der Waals surface area contributed by atoms with Gasteiger partial charge in [0.05, 0.1) is 23.1 Å². The van der Waals surface area contributed by atoms with E-state index < -0.39 is 12.1 Å². The summed E-state index contributed by atoms with van der Waals surface area (Å²) in [7, 11) is 0. The van der Waals surface area contributed by atoms with Crippen LogP contribution in [0.15, 0.2) is 66.0 Å². The number of rotatable bonds is 6. The van der Waals surface area contributed by atoms with Crippen LogP contribution in [0.1, 0.15) is 45.0 Å². The molecule has 2 N–H and O–H groups in total. The second-order valence-electron chi connectivity index (χ2n) is 7.29. The van der Waals surface area contributed by atoms with Gasteiger partial charge in [0.1, 0.15) is 5.75 Å². The lowest BCUT2D eigenvalue weighted by atomic mass is 10.0. The molecule has 1 aromatic heterocycles. The lowest BCUT2D eigenvalue weighted by Gasteiger charge is -2.27. The number of esters is 1. The van der Waals surface area contributed by atoms with Gasteiger partial charge in [-0.1, -0.05) is 24.3 Å². The Morgan fingerprint density at radius 2 is 1.84 bits per heavy atom. The van der Waals surface area contributed by atoms with Crippen LogP contribution < -0.4 is 15.4 Å². The van der Waals surface area contributed by atoms with Gasteiger partial charge in [0, 0.05) is 17.7 Å². The smallest absolute Gasteiger partial charge is 0.338 e. The van der Waals surface area contributed by atoms with Crippen LogP contribution >= 0.6 is 11.3 Å². The predicted octanol–water partition coefficient (Wildman–Crippen LogP) is 4.19. The van der Waals surface area contributed by atoms with Crippen molar-refractivity contribution in [1.82, 2.24) is 5.32 Å². The van der Waals surface area contributed by atoms with Gasteiger partial charge in [-0.25, -0.2) is 4.79 Å². The van der Waals surface area contributed by atoms with Crippen molar-refractivity contribution in [2.45, 2.75) is 25.5 Å². The van der Waals surface area contributed by atoms with E-state index in [0.29, 0.717) is 23.6 Å². The lowest BCUT2D eigenvalue weighted by molar-refractivity contribution is -0.130. The molecular formula is C24H22N2O5S. The summed E-state index contributed by atoms with van der Waals surface area (Å²) in [5, 5.41) is 7.53. The first-order chi connectivity index (χ1) is 15.5. The Bertz CT molecular complexity index is 1110. The minimum atomic E-state index is -0.962. The van der Waals surface area contributed by atoms with E-state index in [0.717, 1.165) is 11.3 Å². The summed E-state index contributed by atoms with van der Waals surface area (Å²) in [4.78, 5) is 37.8. The molecule has 2 aromatic carbocycles. The Morgan fingerprint density at radius 1 is 1.06 bits per heavy atom. The van der Waals surface area contributed by atoms with Crippen molar-refractivity contribution in [2.24, 2.45) is 0 Å². The lowest BCUT2D eigenvalue weighted by Crippen LogP contribution is -2.39. The molecule has 0 fully saturated rings. The van der Waals surface area contributed by atoms with E-state index in [4.69, 9.17) is 9.47 Å². The number of ether oxygens (including phenoxy) is 2. The minimum absolute atomic E-state index is 0.195. The summed E-state index contributed by atoms with van der Waals surface area (Å²) >= 11 is 1.35. The third-order valence-corrected chi connectivity index (χ3v) is 5.92. The number of fused-ring (bicyclic) bond motifs is 1. The standard InChI is InChI=1S/C24H22N2O5S/c1-15(22(27)26-19-12-13-30-20-6-3-2-5-18(19)20)31-24(29)16-8-10-17(11-9-16)25-23(28)21-7-4-14-32-21/h2-11,14-15,19H,12-13H2,1H3,(H,25,28)(H,26,27). The van der Waals surface area contributed by atoms with Gasteiger partial charge in [-0.05, 0) is 48.7 Å². The monoisotopic (exact) mass is 450 g/mol. The highest BCUT2D eigenvalue weighted by Gasteiger charge is 2.26. The molecule has 7 nitrogen and oxygen atoms in total. The first kappa shape index (κ1) is 21.6. The second kappa shape index (κ2) is 9.65. The third-order valence-electron chi connectivity index (χ3n) is 5.05. The molecule has 32 heavy (non-hydrogen) atoms. The second-order valence-corrected chi connectivity index (χ2v) is 8.24. The molecular weight excluding hydrogens is 428 g/mol. The quantitative estimate of drug-likeness (QED) is 0.550. The number of carbonyl (C=O) groups excluding carboxylic acids is 3. The first-order valence-corrected chi connectivity index (χ1v) is 11.1. The van der Waals surface area contributed by atoms with Crippen LogP contribution in [0, 0.1) is 0 Å². The zero-order chi connectivity index (χ0) is 22.5. The summed E-state index contributed by atoms with van der Waals surface area (Å²) in [5.41, 5.74) is 1.75. The molecule has 0 bridgehead atoms. The average Bonchev–Trinajstić information content (AvgIpc) is 3.35. The molecule has 0 saturated carbocycles. The van der Waals surface area contributed by atoms with E-state index in [-0.39, 0.29) is 23.4 Å². The highest BCUT2D eigenvalue weighted by atomic mass is 32.1. The fraction of sp³-hybridized carbons (Fsp3) is 0.208. The van der Waals surface area contributed by atoms with E-state index in [1.54, 1.807) is 36.4 Å². The number of hydrogen-bond donors (Lipinski definition) is 2. The summed E-state index contributed by atoms with van der Waals surface area (Å²) in [6.07, 6.45) is -0.321. The van der Waals surface area contributed by atoms with Gasteiger partial charge in [-0.2, -0.15) is 0 Å². The number of nitrogens with one attached hydrogen (secondary N) is 2. The number of anilines is 1. The molecule has 2 heterocycles. The maximum absolute atomic E-state index is 12.6. The van der Waals surface area contributed by atoms with Gasteiger partial charge < -0.3 is 20.1 Å². The fourth-order valence-corrected chi connectivity index (χ4v) is 3.97. The van der Waals surface area contributed by atoms with Gasteiger partial charge in [-0.15, -0.1) is 11.3 Å². The summed E-state index contributed by atoms with van der Waals surface area (Å²) < 4.78 is 11.0. The van der Waals surface area contributed by atoms with Crippen LogP contribution in [0.25, 0.3) is 0 Å². The number of carbonyl (C=O) groups is 3. The Balaban J connectivity index is 1.32. The normalized spacial score (nSPS) is 15.6. The molecule has 1 aliphatic heterocycles. The van der Waals surface area contributed by atoms with Crippen LogP contribution in [-0.4, -0.2) is 30.5 Å². The van der Waals surface area contributed by atoms with Crippen molar-refractivity contribution in [1.29, 1.82) is 0 Å². The molecule has 0 aliphatic carbocycles. The van der Waals surface area contributed by atoms with Crippen LogP contribution in [0.4, 0.5) is 5.69 Å². The predicted molar refractivity (Wildman–Crippen MR) is 121 cm³/mol. The molecule has 4 rings (SSSR count). The first-order valence-electron chi connectivity index (χ1n) is 10.2. The van der Waals surface area contributed by atoms with Gasteiger partial charge >= 0.3 is 5.97 Å². The van der Waals surface area contributed by atoms with Gasteiger partial charge in [0.2, 0.25) is 0 Å². The molecule has 2 amide bonds. The van der Waals surface area contributed by atoms with Gasteiger partial charge in [-0.3, -0.25) is 9.59 Å². The Morgan fingerprint density at radius 3 is 2.59 bits per heavy atom.